The van der Waals surface area contributed by atoms with Crippen LogP contribution in [-0.4, -0.2) is 0 Å². The number of hydrogen-bond acceptors (Lipinski definition) is 1. The minimum absolute atomic E-state index is 0.362. The first-order valence-corrected chi connectivity index (χ1v) is 4.80. The highest BCUT2D eigenvalue weighted by molar-refractivity contribution is 5.29. The first-order valence-electron chi connectivity index (χ1n) is 4.80. The van der Waals surface area contributed by atoms with Crippen LogP contribution in [0.4, 0.5) is 4.39 Å². The van der Waals surface area contributed by atoms with Crippen molar-refractivity contribution in [1.82, 2.24) is 0 Å². The molecule has 0 fully saturated rings. The van der Waals surface area contributed by atoms with E-state index < -0.39 is 5.67 Å². The van der Waals surface area contributed by atoms with Crippen molar-refractivity contribution >= 4 is 0 Å². The van der Waals surface area contributed by atoms with E-state index in [1.165, 1.54) is 0 Å². The zero-order valence-electron chi connectivity index (χ0n) is 9.26. The lowest BCUT2D eigenvalue weighted by Gasteiger charge is -2.21. The third kappa shape index (κ3) is 2.55. The van der Waals surface area contributed by atoms with Crippen LogP contribution in [0.15, 0.2) is 24.3 Å². The molecule has 1 rings (SSSR count). The number of rotatable bonds is 2. The van der Waals surface area contributed by atoms with Crippen LogP contribution in [0.3, 0.4) is 0 Å². The lowest BCUT2D eigenvalue weighted by atomic mass is 9.92. The van der Waals surface area contributed by atoms with Crippen molar-refractivity contribution in [3.05, 3.63) is 35.4 Å². The lowest BCUT2D eigenvalue weighted by Crippen LogP contribution is -2.28. The summed E-state index contributed by atoms with van der Waals surface area (Å²) in [6.07, 6.45) is 0. The van der Waals surface area contributed by atoms with Crippen LogP contribution in [-0.2, 0) is 11.2 Å². The molecule has 0 amide bonds. The molecule has 0 atom stereocenters. The molecule has 0 heterocycles. The highest BCUT2D eigenvalue weighted by Gasteiger charge is 2.20. The topological polar surface area (TPSA) is 26.0 Å². The molecule has 0 aromatic heterocycles. The molecule has 0 radical (unpaired) electrons. The summed E-state index contributed by atoms with van der Waals surface area (Å²) in [5, 5.41) is 0. The van der Waals surface area contributed by atoms with E-state index in [1.807, 2.05) is 26.0 Å². The first-order chi connectivity index (χ1) is 6.21. The molecule has 2 N–H and O–H groups in total. The van der Waals surface area contributed by atoms with E-state index in [-0.39, 0.29) is 5.54 Å². The Hall–Kier alpha value is -0.890. The maximum atomic E-state index is 13.5. The Morgan fingerprint density at radius 2 is 1.29 bits per heavy atom. The predicted octanol–water partition coefficient (Wildman–Crippen LogP) is 3.09. The Labute approximate surface area is 85.1 Å². The SMILES string of the molecule is CC(C)(N)c1ccc(C(C)(C)F)cc1. The molecule has 14 heavy (non-hydrogen) atoms. The summed E-state index contributed by atoms with van der Waals surface area (Å²) in [7, 11) is 0. The molecule has 0 spiro atoms. The zero-order chi connectivity index (χ0) is 11.0. The second-order valence-corrected chi connectivity index (χ2v) is 4.77. The van der Waals surface area contributed by atoms with Crippen LogP contribution in [0.2, 0.25) is 0 Å². The first kappa shape index (κ1) is 11.2. The maximum Gasteiger partial charge on any atom is 0.130 e. The molecule has 1 aromatic carbocycles. The van der Waals surface area contributed by atoms with E-state index in [2.05, 4.69) is 0 Å². The minimum Gasteiger partial charge on any atom is -0.322 e. The number of halogens is 1. The van der Waals surface area contributed by atoms with Crippen molar-refractivity contribution in [2.24, 2.45) is 5.73 Å². The van der Waals surface area contributed by atoms with Gasteiger partial charge in [-0.05, 0) is 38.8 Å². The van der Waals surface area contributed by atoms with E-state index in [4.69, 9.17) is 5.73 Å². The Morgan fingerprint density at radius 1 is 0.929 bits per heavy atom. The molecule has 2 heteroatoms. The van der Waals surface area contributed by atoms with E-state index in [1.54, 1.807) is 26.0 Å². The molecule has 1 nitrogen and oxygen atoms in total. The molecule has 0 unspecified atom stereocenters. The molecule has 0 aliphatic rings. The van der Waals surface area contributed by atoms with E-state index >= 15 is 0 Å². The molecule has 0 bridgehead atoms. The molecule has 0 saturated carbocycles. The normalized spacial score (nSPS) is 13.0. The molecular formula is C12H18FN. The summed E-state index contributed by atoms with van der Waals surface area (Å²) in [5.41, 5.74) is 5.98. The van der Waals surface area contributed by atoms with Crippen LogP contribution in [0, 0.1) is 0 Å². The molecular weight excluding hydrogens is 177 g/mol. The highest BCUT2D eigenvalue weighted by atomic mass is 19.1. The van der Waals surface area contributed by atoms with Crippen molar-refractivity contribution in [3.63, 3.8) is 0 Å². The highest BCUT2D eigenvalue weighted by Crippen LogP contribution is 2.26. The van der Waals surface area contributed by atoms with Gasteiger partial charge in [0.05, 0.1) is 0 Å². The third-order valence-corrected chi connectivity index (χ3v) is 2.32. The third-order valence-electron chi connectivity index (χ3n) is 2.32. The van der Waals surface area contributed by atoms with Gasteiger partial charge >= 0.3 is 0 Å². The van der Waals surface area contributed by atoms with Crippen LogP contribution in [0.25, 0.3) is 0 Å². The summed E-state index contributed by atoms with van der Waals surface area (Å²) in [4.78, 5) is 0. The molecule has 1 aromatic rings. The fourth-order valence-electron chi connectivity index (χ4n) is 1.30. The van der Waals surface area contributed by atoms with Crippen LogP contribution >= 0.6 is 0 Å². The standard InChI is InChI=1S/C12H18FN/c1-11(2,13)9-5-7-10(8-6-9)12(3,4)14/h5-8H,14H2,1-4H3. The van der Waals surface area contributed by atoms with Gasteiger partial charge in [0.25, 0.3) is 0 Å². The van der Waals surface area contributed by atoms with E-state index in [0.717, 1.165) is 5.56 Å². The van der Waals surface area contributed by atoms with Gasteiger partial charge in [0.2, 0.25) is 0 Å². The van der Waals surface area contributed by atoms with Gasteiger partial charge in [-0.2, -0.15) is 0 Å². The number of alkyl halides is 1. The van der Waals surface area contributed by atoms with Gasteiger partial charge in [-0.25, -0.2) is 4.39 Å². The van der Waals surface area contributed by atoms with Crippen LogP contribution < -0.4 is 5.73 Å². The average molecular weight is 195 g/mol. The Morgan fingerprint density at radius 3 is 1.57 bits per heavy atom. The number of benzene rings is 1. The molecule has 0 aliphatic heterocycles. The van der Waals surface area contributed by atoms with Crippen LogP contribution in [0.1, 0.15) is 38.8 Å². The van der Waals surface area contributed by atoms with Crippen LogP contribution in [0.5, 0.6) is 0 Å². The Bertz CT molecular complexity index is 268. The van der Waals surface area contributed by atoms with Gasteiger partial charge in [-0.15, -0.1) is 0 Å². The smallest absolute Gasteiger partial charge is 0.130 e. The Balaban J connectivity index is 3.02. The second-order valence-electron chi connectivity index (χ2n) is 4.77. The largest absolute Gasteiger partial charge is 0.322 e. The van der Waals surface area contributed by atoms with E-state index in [0.29, 0.717) is 5.56 Å². The van der Waals surface area contributed by atoms with Crippen molar-refractivity contribution < 1.29 is 4.39 Å². The van der Waals surface area contributed by atoms with Gasteiger partial charge in [0, 0.05) is 5.54 Å². The van der Waals surface area contributed by atoms with Crippen molar-refractivity contribution in [1.29, 1.82) is 0 Å². The van der Waals surface area contributed by atoms with Gasteiger partial charge < -0.3 is 5.73 Å². The summed E-state index contributed by atoms with van der Waals surface area (Å²) in [6, 6.07) is 7.36. The monoisotopic (exact) mass is 195 g/mol. The van der Waals surface area contributed by atoms with Gasteiger partial charge in [0.1, 0.15) is 5.67 Å². The lowest BCUT2D eigenvalue weighted by molar-refractivity contribution is 0.221. The predicted molar refractivity (Wildman–Crippen MR) is 57.8 cm³/mol. The van der Waals surface area contributed by atoms with Crippen molar-refractivity contribution in [2.45, 2.75) is 38.9 Å². The fraction of sp³-hybridized carbons (Fsp3) is 0.500. The second kappa shape index (κ2) is 3.35. The van der Waals surface area contributed by atoms with Crippen molar-refractivity contribution in [3.8, 4) is 0 Å². The summed E-state index contributed by atoms with van der Waals surface area (Å²) >= 11 is 0. The van der Waals surface area contributed by atoms with Gasteiger partial charge in [-0.1, -0.05) is 24.3 Å². The van der Waals surface area contributed by atoms with Gasteiger partial charge in [-0.3, -0.25) is 0 Å². The summed E-state index contributed by atoms with van der Waals surface area (Å²) in [6.45, 7) is 6.97. The molecule has 78 valence electrons. The molecule has 0 aliphatic carbocycles. The van der Waals surface area contributed by atoms with Crippen molar-refractivity contribution in [2.75, 3.05) is 0 Å². The van der Waals surface area contributed by atoms with E-state index in [9.17, 15) is 4.39 Å². The van der Waals surface area contributed by atoms with Gasteiger partial charge in [0.15, 0.2) is 0 Å². The average Bonchev–Trinajstić information content (AvgIpc) is 2.01. The quantitative estimate of drug-likeness (QED) is 0.771. The summed E-state index contributed by atoms with van der Waals surface area (Å²) in [5.74, 6) is 0. The Kier molecular flexibility index (Phi) is 2.68. The minimum atomic E-state index is -1.28. The maximum absolute atomic E-state index is 13.5. The number of nitrogens with two attached hydrogens (primary N) is 1. The number of hydrogen-bond donors (Lipinski definition) is 1. The molecule has 0 saturated heterocycles. The zero-order valence-corrected chi connectivity index (χ0v) is 9.26. The fourth-order valence-corrected chi connectivity index (χ4v) is 1.30. The summed E-state index contributed by atoms with van der Waals surface area (Å²) < 4.78 is 13.5.